The van der Waals surface area contributed by atoms with Gasteiger partial charge in [0, 0.05) is 15.8 Å². The van der Waals surface area contributed by atoms with Gasteiger partial charge in [0.2, 0.25) is 5.91 Å². The zero-order chi connectivity index (χ0) is 17.8. The molecule has 1 N–H and O–H groups in total. The standard InChI is InChI=1S/C19H17FN2OS2/c1-12-3-4-13(2)16(9-12)17-10-25-19(21-17)22-18(23)11-24-15-7-5-14(20)6-8-15/h3-10H,11H2,1-2H3,(H,21,22,23). The number of hydrogen-bond acceptors (Lipinski definition) is 4. The number of carbonyl (C=O) groups excluding carboxylic acids is 1. The van der Waals surface area contributed by atoms with Gasteiger partial charge in [-0.3, -0.25) is 4.79 Å². The van der Waals surface area contributed by atoms with Gasteiger partial charge in [-0.15, -0.1) is 23.1 Å². The lowest BCUT2D eigenvalue weighted by Gasteiger charge is -2.04. The van der Waals surface area contributed by atoms with Gasteiger partial charge in [0.15, 0.2) is 5.13 Å². The largest absolute Gasteiger partial charge is 0.301 e. The van der Waals surface area contributed by atoms with Gasteiger partial charge in [-0.05, 0) is 49.7 Å². The molecule has 0 saturated carbocycles. The molecule has 1 heterocycles. The molecule has 0 radical (unpaired) electrons. The first kappa shape index (κ1) is 17.6. The van der Waals surface area contributed by atoms with E-state index in [9.17, 15) is 9.18 Å². The second kappa shape index (κ2) is 7.80. The van der Waals surface area contributed by atoms with E-state index in [-0.39, 0.29) is 17.5 Å². The smallest absolute Gasteiger partial charge is 0.236 e. The van der Waals surface area contributed by atoms with Crippen molar-refractivity contribution < 1.29 is 9.18 Å². The Bertz CT molecular complexity index is 891. The van der Waals surface area contributed by atoms with E-state index in [0.717, 1.165) is 21.7 Å². The maximum absolute atomic E-state index is 12.9. The third-order valence-corrected chi connectivity index (χ3v) is 5.37. The molecule has 0 bridgehead atoms. The number of amides is 1. The fourth-order valence-electron chi connectivity index (χ4n) is 2.30. The summed E-state index contributed by atoms with van der Waals surface area (Å²) in [6.45, 7) is 4.09. The first-order valence-electron chi connectivity index (χ1n) is 7.72. The van der Waals surface area contributed by atoms with Gasteiger partial charge in [0.25, 0.3) is 0 Å². The number of hydrogen-bond donors (Lipinski definition) is 1. The quantitative estimate of drug-likeness (QED) is 0.618. The lowest BCUT2D eigenvalue weighted by atomic mass is 10.0. The Morgan fingerprint density at radius 1 is 1.20 bits per heavy atom. The van der Waals surface area contributed by atoms with Crippen LogP contribution in [-0.2, 0) is 4.79 Å². The molecular formula is C19H17FN2OS2. The summed E-state index contributed by atoms with van der Waals surface area (Å²) in [5, 5.41) is 5.35. The van der Waals surface area contributed by atoms with Crippen molar-refractivity contribution in [3.05, 3.63) is 64.8 Å². The molecule has 1 aromatic heterocycles. The number of carbonyl (C=O) groups is 1. The van der Waals surface area contributed by atoms with Gasteiger partial charge < -0.3 is 5.32 Å². The molecule has 25 heavy (non-hydrogen) atoms. The summed E-state index contributed by atoms with van der Waals surface area (Å²) in [7, 11) is 0. The van der Waals surface area contributed by atoms with E-state index < -0.39 is 0 Å². The maximum Gasteiger partial charge on any atom is 0.236 e. The minimum absolute atomic E-state index is 0.129. The van der Waals surface area contributed by atoms with E-state index in [1.165, 1.54) is 40.8 Å². The molecule has 3 rings (SSSR count). The van der Waals surface area contributed by atoms with Gasteiger partial charge in [-0.1, -0.05) is 17.7 Å². The minimum Gasteiger partial charge on any atom is -0.301 e. The highest BCUT2D eigenvalue weighted by molar-refractivity contribution is 8.00. The van der Waals surface area contributed by atoms with E-state index in [1.54, 1.807) is 12.1 Å². The van der Waals surface area contributed by atoms with Gasteiger partial charge in [-0.2, -0.15) is 0 Å². The number of benzene rings is 2. The van der Waals surface area contributed by atoms with Crippen LogP contribution in [0.25, 0.3) is 11.3 Å². The molecule has 128 valence electrons. The Hall–Kier alpha value is -2.18. The number of thioether (sulfide) groups is 1. The second-order valence-electron chi connectivity index (χ2n) is 5.65. The van der Waals surface area contributed by atoms with Crippen LogP contribution < -0.4 is 5.32 Å². The molecule has 3 nitrogen and oxygen atoms in total. The minimum atomic E-state index is -0.282. The number of anilines is 1. The molecule has 0 aliphatic carbocycles. The zero-order valence-corrected chi connectivity index (χ0v) is 15.5. The summed E-state index contributed by atoms with van der Waals surface area (Å²) in [6.07, 6.45) is 0. The molecule has 0 fully saturated rings. The average molecular weight is 372 g/mol. The molecule has 2 aromatic carbocycles. The molecule has 0 aliphatic rings. The molecule has 0 saturated heterocycles. The van der Waals surface area contributed by atoms with Crippen LogP contribution in [0.2, 0.25) is 0 Å². The number of aromatic nitrogens is 1. The molecule has 0 unspecified atom stereocenters. The van der Waals surface area contributed by atoms with Crippen LogP contribution in [0.3, 0.4) is 0 Å². The SMILES string of the molecule is Cc1ccc(C)c(-c2csc(NC(=O)CSc3ccc(F)cc3)n2)c1. The third kappa shape index (κ3) is 4.67. The van der Waals surface area contributed by atoms with E-state index >= 15 is 0 Å². The van der Waals surface area contributed by atoms with Gasteiger partial charge in [0.05, 0.1) is 11.4 Å². The maximum atomic E-state index is 12.9. The van der Waals surface area contributed by atoms with Crippen molar-refractivity contribution in [2.45, 2.75) is 18.7 Å². The van der Waals surface area contributed by atoms with Crippen molar-refractivity contribution in [2.75, 3.05) is 11.1 Å². The van der Waals surface area contributed by atoms with Crippen molar-refractivity contribution in [3.63, 3.8) is 0 Å². The van der Waals surface area contributed by atoms with Crippen LogP contribution in [0.5, 0.6) is 0 Å². The number of rotatable bonds is 5. The average Bonchev–Trinajstić information content (AvgIpc) is 3.05. The fraction of sp³-hybridized carbons (Fsp3) is 0.158. The highest BCUT2D eigenvalue weighted by Gasteiger charge is 2.10. The lowest BCUT2D eigenvalue weighted by molar-refractivity contribution is -0.113. The number of thiazole rings is 1. The number of nitrogens with zero attached hydrogens (tertiary/aromatic N) is 1. The highest BCUT2D eigenvalue weighted by Crippen LogP contribution is 2.28. The molecule has 6 heteroatoms. The van der Waals surface area contributed by atoms with Crippen molar-refractivity contribution in [2.24, 2.45) is 0 Å². The van der Waals surface area contributed by atoms with Crippen LogP contribution in [0, 0.1) is 19.7 Å². The number of aryl methyl sites for hydroxylation is 2. The van der Waals surface area contributed by atoms with Crippen molar-refractivity contribution in [1.82, 2.24) is 4.98 Å². The van der Waals surface area contributed by atoms with Crippen LogP contribution in [0.15, 0.2) is 52.7 Å². The Kier molecular flexibility index (Phi) is 5.50. The van der Waals surface area contributed by atoms with Crippen molar-refractivity contribution in [3.8, 4) is 11.3 Å². The van der Waals surface area contributed by atoms with Gasteiger partial charge in [-0.25, -0.2) is 9.37 Å². The monoisotopic (exact) mass is 372 g/mol. The predicted octanol–water partition coefficient (Wildman–Crippen LogP) is 5.30. The first-order valence-corrected chi connectivity index (χ1v) is 9.59. The lowest BCUT2D eigenvalue weighted by Crippen LogP contribution is -2.13. The number of halogens is 1. The van der Waals surface area contributed by atoms with Crippen LogP contribution >= 0.6 is 23.1 Å². The molecule has 3 aromatic rings. The van der Waals surface area contributed by atoms with E-state index in [0.29, 0.717) is 5.13 Å². The van der Waals surface area contributed by atoms with Gasteiger partial charge in [0.1, 0.15) is 5.82 Å². The Balaban J connectivity index is 1.62. The second-order valence-corrected chi connectivity index (χ2v) is 7.55. The highest BCUT2D eigenvalue weighted by atomic mass is 32.2. The Labute approximate surface area is 154 Å². The van der Waals surface area contributed by atoms with Crippen LogP contribution in [0.1, 0.15) is 11.1 Å². The Morgan fingerprint density at radius 2 is 1.96 bits per heavy atom. The van der Waals surface area contributed by atoms with E-state index in [2.05, 4.69) is 28.5 Å². The summed E-state index contributed by atoms with van der Waals surface area (Å²) in [5.74, 6) is -0.156. The summed E-state index contributed by atoms with van der Waals surface area (Å²) in [5.41, 5.74) is 4.28. The summed E-state index contributed by atoms with van der Waals surface area (Å²) in [4.78, 5) is 17.5. The topological polar surface area (TPSA) is 42.0 Å². The fourth-order valence-corrected chi connectivity index (χ4v) is 3.73. The van der Waals surface area contributed by atoms with Crippen molar-refractivity contribution >= 4 is 34.1 Å². The van der Waals surface area contributed by atoms with Crippen molar-refractivity contribution in [1.29, 1.82) is 0 Å². The zero-order valence-electron chi connectivity index (χ0n) is 13.9. The number of nitrogens with one attached hydrogen (secondary N) is 1. The predicted molar refractivity (Wildman–Crippen MR) is 103 cm³/mol. The molecule has 0 aliphatic heterocycles. The molecular weight excluding hydrogens is 355 g/mol. The molecule has 0 spiro atoms. The third-order valence-electron chi connectivity index (χ3n) is 3.60. The summed E-state index contributed by atoms with van der Waals surface area (Å²) in [6, 6.07) is 12.3. The molecule has 0 atom stereocenters. The summed E-state index contributed by atoms with van der Waals surface area (Å²) >= 11 is 2.77. The first-order chi connectivity index (χ1) is 12.0. The summed E-state index contributed by atoms with van der Waals surface area (Å²) < 4.78 is 12.9. The van der Waals surface area contributed by atoms with Crippen LogP contribution in [-0.4, -0.2) is 16.6 Å². The normalized spacial score (nSPS) is 10.7. The van der Waals surface area contributed by atoms with E-state index in [4.69, 9.17) is 0 Å². The Morgan fingerprint density at radius 3 is 2.72 bits per heavy atom. The van der Waals surface area contributed by atoms with E-state index in [1.807, 2.05) is 19.2 Å². The van der Waals surface area contributed by atoms with Crippen LogP contribution in [0.4, 0.5) is 9.52 Å². The molecule has 1 amide bonds. The van der Waals surface area contributed by atoms with Gasteiger partial charge >= 0.3 is 0 Å².